The number of para-hydroxylation sites is 1. The van der Waals surface area contributed by atoms with Gasteiger partial charge in [0, 0.05) is 0 Å². The number of hydrogen-bond acceptors (Lipinski definition) is 5. The summed E-state index contributed by atoms with van der Waals surface area (Å²) in [4.78, 5) is 11.7. The van der Waals surface area contributed by atoms with Crippen molar-refractivity contribution in [3.05, 3.63) is 59.4 Å². The first-order valence-electron chi connectivity index (χ1n) is 8.46. The molecule has 2 aromatic rings. The van der Waals surface area contributed by atoms with Gasteiger partial charge in [-0.1, -0.05) is 31.5 Å². The third kappa shape index (κ3) is 6.27. The van der Waals surface area contributed by atoms with Gasteiger partial charge in [0.25, 0.3) is 0 Å². The van der Waals surface area contributed by atoms with E-state index < -0.39 is 55.9 Å². The number of rotatable bonds is 10. The predicted octanol–water partition coefficient (Wildman–Crippen LogP) is 5.00. The van der Waals surface area contributed by atoms with E-state index in [1.807, 2.05) is 6.92 Å². The summed E-state index contributed by atoms with van der Waals surface area (Å²) in [7, 11) is -2.52. The molecule has 0 aromatic heterocycles. The van der Waals surface area contributed by atoms with E-state index in [9.17, 15) is 26.7 Å². The Hall–Kier alpha value is -2.45. The second kappa shape index (κ2) is 10.9. The summed E-state index contributed by atoms with van der Waals surface area (Å²) in [5.74, 6) is -13.0. The summed E-state index contributed by atoms with van der Waals surface area (Å²) < 4.78 is 83.0. The van der Waals surface area contributed by atoms with Gasteiger partial charge in [-0.25, -0.2) is 18.3 Å². The second-order valence-electron chi connectivity index (χ2n) is 5.56. The van der Waals surface area contributed by atoms with Crippen LogP contribution in [-0.2, 0) is 9.53 Å². The molecule has 0 spiro atoms. The number of benzene rings is 2. The van der Waals surface area contributed by atoms with Gasteiger partial charge >= 0.3 is 14.5 Å². The zero-order chi connectivity index (χ0) is 21.4. The van der Waals surface area contributed by atoms with Crippen molar-refractivity contribution >= 4 is 14.5 Å². The fourth-order valence-electron chi connectivity index (χ4n) is 1.92. The van der Waals surface area contributed by atoms with Crippen LogP contribution in [0, 0.1) is 29.1 Å². The van der Waals surface area contributed by atoms with Gasteiger partial charge in [0.2, 0.25) is 34.8 Å². The standard InChI is InChI=1S/C18H17F5NO4P/c1-2-3-9-26-12(25)10-24-29(27-11-7-5-4-6-8-11)28-18-16(22)14(20)13(19)15(21)17(18)23/h4-8,24H,2-3,9-10H2,1H3. The van der Waals surface area contributed by atoms with E-state index in [0.29, 0.717) is 6.42 Å². The molecule has 29 heavy (non-hydrogen) atoms. The van der Waals surface area contributed by atoms with Crippen molar-refractivity contribution in [2.75, 3.05) is 13.2 Å². The minimum atomic E-state index is -2.52. The Bertz CT molecular complexity index is 812. The van der Waals surface area contributed by atoms with Crippen LogP contribution < -0.4 is 14.1 Å². The molecule has 5 nitrogen and oxygen atoms in total. The fraction of sp³-hybridized carbons (Fsp3) is 0.278. The molecule has 0 fully saturated rings. The Morgan fingerprint density at radius 1 is 0.931 bits per heavy atom. The van der Waals surface area contributed by atoms with Crippen molar-refractivity contribution in [1.82, 2.24) is 5.09 Å². The van der Waals surface area contributed by atoms with Gasteiger partial charge < -0.3 is 13.8 Å². The molecule has 1 unspecified atom stereocenters. The summed E-state index contributed by atoms with van der Waals surface area (Å²) in [6.07, 6.45) is 1.44. The van der Waals surface area contributed by atoms with Crippen LogP contribution in [0.3, 0.4) is 0 Å². The highest BCUT2D eigenvalue weighted by Crippen LogP contribution is 2.40. The normalized spacial score (nSPS) is 11.8. The summed E-state index contributed by atoms with van der Waals surface area (Å²) in [6, 6.07) is 7.77. The van der Waals surface area contributed by atoms with E-state index in [1.54, 1.807) is 18.2 Å². The van der Waals surface area contributed by atoms with E-state index in [2.05, 4.69) is 5.09 Å². The van der Waals surface area contributed by atoms with Gasteiger partial charge in [-0.05, 0) is 18.6 Å². The number of ether oxygens (including phenoxy) is 1. The second-order valence-corrected chi connectivity index (χ2v) is 6.76. The number of hydrogen-bond donors (Lipinski definition) is 1. The van der Waals surface area contributed by atoms with Gasteiger partial charge in [0.1, 0.15) is 12.3 Å². The van der Waals surface area contributed by atoms with Crippen LogP contribution in [0.15, 0.2) is 30.3 Å². The molecule has 0 saturated carbocycles. The van der Waals surface area contributed by atoms with E-state index >= 15 is 0 Å². The molecule has 2 rings (SSSR count). The molecule has 0 saturated heterocycles. The maximum absolute atomic E-state index is 13.9. The number of unbranched alkanes of at least 4 members (excludes halogenated alkanes) is 1. The summed E-state index contributed by atoms with van der Waals surface area (Å²) in [6.45, 7) is 1.60. The summed E-state index contributed by atoms with van der Waals surface area (Å²) >= 11 is 0. The zero-order valence-electron chi connectivity index (χ0n) is 15.2. The van der Waals surface area contributed by atoms with Crippen LogP contribution in [0.1, 0.15) is 19.8 Å². The van der Waals surface area contributed by atoms with Gasteiger partial charge in [-0.2, -0.15) is 8.78 Å². The SMILES string of the molecule is CCCCOC(=O)CNP(Oc1ccccc1)Oc1c(F)c(F)c(F)c(F)c1F. The molecular formula is C18H17F5NO4P. The quantitative estimate of drug-likeness (QED) is 0.142. The third-order valence-corrected chi connectivity index (χ3v) is 4.53. The van der Waals surface area contributed by atoms with Crippen molar-refractivity contribution in [2.24, 2.45) is 0 Å². The lowest BCUT2D eigenvalue weighted by molar-refractivity contribution is -0.142. The number of esters is 1. The Morgan fingerprint density at radius 2 is 1.52 bits per heavy atom. The monoisotopic (exact) mass is 437 g/mol. The smallest absolute Gasteiger partial charge is 0.382 e. The lowest BCUT2D eigenvalue weighted by Gasteiger charge is -2.19. The Balaban J connectivity index is 2.19. The molecule has 1 N–H and O–H groups in total. The van der Waals surface area contributed by atoms with Crippen molar-refractivity contribution in [3.63, 3.8) is 0 Å². The van der Waals surface area contributed by atoms with Crippen LogP contribution in [0.5, 0.6) is 11.5 Å². The van der Waals surface area contributed by atoms with Crippen molar-refractivity contribution in [1.29, 1.82) is 0 Å². The predicted molar refractivity (Wildman–Crippen MR) is 94.7 cm³/mol. The molecule has 1 atom stereocenters. The van der Waals surface area contributed by atoms with Crippen LogP contribution in [0.2, 0.25) is 0 Å². The fourth-order valence-corrected chi connectivity index (χ4v) is 2.98. The first kappa shape index (κ1) is 22.8. The summed E-state index contributed by atoms with van der Waals surface area (Å²) in [5, 5.41) is 2.43. The Kier molecular flexibility index (Phi) is 8.60. The Morgan fingerprint density at radius 3 is 2.10 bits per heavy atom. The molecule has 0 bridgehead atoms. The average molecular weight is 437 g/mol. The van der Waals surface area contributed by atoms with Gasteiger partial charge in [-0.15, -0.1) is 0 Å². The molecule has 0 amide bonds. The highest BCUT2D eigenvalue weighted by Gasteiger charge is 2.30. The number of halogens is 5. The van der Waals surface area contributed by atoms with Crippen LogP contribution in [0.25, 0.3) is 0 Å². The number of nitrogens with one attached hydrogen (secondary N) is 1. The van der Waals surface area contributed by atoms with E-state index in [4.69, 9.17) is 13.8 Å². The minimum Gasteiger partial charge on any atom is -0.465 e. The molecule has 0 radical (unpaired) electrons. The maximum atomic E-state index is 13.9. The molecule has 0 aliphatic rings. The molecule has 11 heteroatoms. The van der Waals surface area contributed by atoms with Gasteiger partial charge in [-0.3, -0.25) is 4.79 Å². The zero-order valence-corrected chi connectivity index (χ0v) is 16.1. The average Bonchev–Trinajstić information content (AvgIpc) is 2.73. The van der Waals surface area contributed by atoms with Crippen LogP contribution >= 0.6 is 8.53 Å². The molecule has 0 aliphatic carbocycles. The van der Waals surface area contributed by atoms with Crippen molar-refractivity contribution in [3.8, 4) is 11.5 Å². The topological polar surface area (TPSA) is 56.8 Å². The van der Waals surface area contributed by atoms with Crippen molar-refractivity contribution in [2.45, 2.75) is 19.8 Å². The maximum Gasteiger partial charge on any atom is 0.382 e. The van der Waals surface area contributed by atoms with Crippen LogP contribution in [0.4, 0.5) is 22.0 Å². The van der Waals surface area contributed by atoms with E-state index in [1.165, 1.54) is 12.1 Å². The number of carbonyl (C=O) groups excluding carboxylic acids is 1. The molecule has 0 heterocycles. The Labute approximate surface area is 164 Å². The lowest BCUT2D eigenvalue weighted by atomic mass is 10.3. The van der Waals surface area contributed by atoms with E-state index in [-0.39, 0.29) is 12.4 Å². The largest absolute Gasteiger partial charge is 0.465 e. The summed E-state index contributed by atoms with van der Waals surface area (Å²) in [5.41, 5.74) is 0. The van der Waals surface area contributed by atoms with Crippen LogP contribution in [-0.4, -0.2) is 19.1 Å². The first-order chi connectivity index (χ1) is 13.8. The third-order valence-electron chi connectivity index (χ3n) is 3.39. The first-order valence-corrected chi connectivity index (χ1v) is 9.64. The lowest BCUT2D eigenvalue weighted by Crippen LogP contribution is -2.25. The van der Waals surface area contributed by atoms with Gasteiger partial charge in [0.05, 0.1) is 6.61 Å². The van der Waals surface area contributed by atoms with E-state index in [0.717, 1.165) is 6.42 Å². The number of carbonyl (C=O) groups is 1. The molecule has 158 valence electrons. The molecule has 2 aromatic carbocycles. The van der Waals surface area contributed by atoms with Crippen molar-refractivity contribution < 1.29 is 40.5 Å². The van der Waals surface area contributed by atoms with Gasteiger partial charge in [0.15, 0.2) is 0 Å². The highest BCUT2D eigenvalue weighted by molar-refractivity contribution is 7.45. The molecular weight excluding hydrogens is 420 g/mol. The minimum absolute atomic E-state index is 0.174. The molecule has 0 aliphatic heterocycles. The highest BCUT2D eigenvalue weighted by atomic mass is 31.2.